The number of hydrogen-bond acceptors (Lipinski definition) is 3. The van der Waals surface area contributed by atoms with Crippen molar-refractivity contribution in [3.63, 3.8) is 0 Å². The molecule has 0 aliphatic carbocycles. The summed E-state index contributed by atoms with van der Waals surface area (Å²) >= 11 is 9.53. The Kier molecular flexibility index (Phi) is 6.73. The third-order valence-electron chi connectivity index (χ3n) is 3.68. The van der Waals surface area contributed by atoms with E-state index >= 15 is 0 Å². The molecule has 0 saturated heterocycles. The maximum absolute atomic E-state index is 12.4. The summed E-state index contributed by atoms with van der Waals surface area (Å²) in [4.78, 5) is 12.4. The molecule has 0 heterocycles. The molecule has 2 rings (SSSR count). The zero-order chi connectivity index (χ0) is 18.6. The Hall–Kier alpha value is -1.72. The SMILES string of the molecule is CCOc1c(Br)cc(Cl)cc1NCC(=O)Nc1c(C)cc(C)cc1C. The molecule has 0 aromatic heterocycles. The first-order valence-electron chi connectivity index (χ1n) is 8.05. The van der Waals surface area contributed by atoms with Gasteiger partial charge in [0.2, 0.25) is 5.91 Å². The van der Waals surface area contributed by atoms with E-state index in [1.807, 2.05) is 27.7 Å². The van der Waals surface area contributed by atoms with E-state index in [0.717, 1.165) is 21.3 Å². The van der Waals surface area contributed by atoms with Gasteiger partial charge in [0.1, 0.15) is 0 Å². The number of carbonyl (C=O) groups excluding carboxylic acids is 1. The number of hydrogen-bond donors (Lipinski definition) is 2. The van der Waals surface area contributed by atoms with Crippen molar-refractivity contribution in [1.29, 1.82) is 0 Å². The molecule has 2 aromatic rings. The summed E-state index contributed by atoms with van der Waals surface area (Å²) in [6.45, 7) is 8.55. The van der Waals surface area contributed by atoms with Gasteiger partial charge in [-0.25, -0.2) is 0 Å². The van der Waals surface area contributed by atoms with E-state index in [1.165, 1.54) is 5.56 Å². The van der Waals surface area contributed by atoms with Crippen molar-refractivity contribution in [2.24, 2.45) is 0 Å². The fourth-order valence-corrected chi connectivity index (χ4v) is 3.64. The third-order valence-corrected chi connectivity index (χ3v) is 4.49. The number of halogens is 2. The molecule has 0 atom stereocenters. The average Bonchev–Trinajstić information content (AvgIpc) is 2.51. The van der Waals surface area contributed by atoms with Crippen molar-refractivity contribution in [2.75, 3.05) is 23.8 Å². The van der Waals surface area contributed by atoms with E-state index in [9.17, 15) is 4.79 Å². The first-order chi connectivity index (χ1) is 11.8. The Labute approximate surface area is 162 Å². The lowest BCUT2D eigenvalue weighted by atomic mass is 10.1. The topological polar surface area (TPSA) is 50.4 Å². The number of anilines is 2. The number of benzene rings is 2. The van der Waals surface area contributed by atoms with Crippen LogP contribution in [0.3, 0.4) is 0 Å². The molecule has 0 radical (unpaired) electrons. The number of amides is 1. The summed E-state index contributed by atoms with van der Waals surface area (Å²) in [7, 11) is 0. The summed E-state index contributed by atoms with van der Waals surface area (Å²) < 4.78 is 6.37. The number of rotatable bonds is 6. The second kappa shape index (κ2) is 8.59. The van der Waals surface area contributed by atoms with Crippen molar-refractivity contribution in [3.05, 3.63) is 50.5 Å². The molecule has 25 heavy (non-hydrogen) atoms. The summed E-state index contributed by atoms with van der Waals surface area (Å²) in [6.07, 6.45) is 0. The summed E-state index contributed by atoms with van der Waals surface area (Å²) in [5, 5.41) is 6.63. The van der Waals surface area contributed by atoms with Gasteiger partial charge in [0.25, 0.3) is 0 Å². The highest BCUT2D eigenvalue weighted by molar-refractivity contribution is 9.10. The fraction of sp³-hybridized carbons (Fsp3) is 0.316. The zero-order valence-corrected chi connectivity index (χ0v) is 17.1. The van der Waals surface area contributed by atoms with Gasteiger partial charge in [-0.1, -0.05) is 29.3 Å². The number of carbonyl (C=O) groups is 1. The Balaban J connectivity index is 2.11. The monoisotopic (exact) mass is 424 g/mol. The van der Waals surface area contributed by atoms with Crippen molar-refractivity contribution in [3.8, 4) is 5.75 Å². The van der Waals surface area contributed by atoms with Crippen LogP contribution in [0.1, 0.15) is 23.6 Å². The first kappa shape index (κ1) is 19.6. The van der Waals surface area contributed by atoms with Gasteiger partial charge < -0.3 is 15.4 Å². The Bertz CT molecular complexity index is 770. The molecule has 0 aliphatic heterocycles. The Morgan fingerprint density at radius 3 is 2.40 bits per heavy atom. The van der Waals surface area contributed by atoms with Gasteiger partial charge in [-0.2, -0.15) is 0 Å². The van der Waals surface area contributed by atoms with Gasteiger partial charge >= 0.3 is 0 Å². The average molecular weight is 426 g/mol. The normalized spacial score (nSPS) is 10.5. The second-order valence-corrected chi connectivity index (χ2v) is 7.16. The first-order valence-corrected chi connectivity index (χ1v) is 9.22. The molecule has 0 spiro atoms. The van der Waals surface area contributed by atoms with Gasteiger partial charge in [-0.15, -0.1) is 0 Å². The lowest BCUT2D eigenvalue weighted by molar-refractivity contribution is -0.114. The van der Waals surface area contributed by atoms with Crippen LogP contribution in [0.25, 0.3) is 0 Å². The molecule has 0 unspecified atom stereocenters. The van der Waals surface area contributed by atoms with Crippen LogP contribution in [0.4, 0.5) is 11.4 Å². The van der Waals surface area contributed by atoms with E-state index in [4.69, 9.17) is 16.3 Å². The van der Waals surface area contributed by atoms with Crippen LogP contribution in [0, 0.1) is 20.8 Å². The molecule has 0 saturated carbocycles. The standard InChI is InChI=1S/C19H22BrClN2O2/c1-5-25-19-15(20)8-14(21)9-16(19)22-10-17(24)23-18-12(3)6-11(2)7-13(18)4/h6-9,22H,5,10H2,1-4H3,(H,23,24). The van der Waals surface area contributed by atoms with E-state index < -0.39 is 0 Å². The van der Waals surface area contributed by atoms with Gasteiger partial charge in [0, 0.05) is 10.7 Å². The van der Waals surface area contributed by atoms with E-state index in [1.54, 1.807) is 12.1 Å². The molecular weight excluding hydrogens is 404 g/mol. The van der Waals surface area contributed by atoms with Gasteiger partial charge in [0.15, 0.2) is 5.75 Å². The highest BCUT2D eigenvalue weighted by Gasteiger charge is 2.13. The van der Waals surface area contributed by atoms with Crippen LogP contribution in [0.5, 0.6) is 5.75 Å². The molecular formula is C19H22BrClN2O2. The minimum atomic E-state index is -0.131. The molecule has 134 valence electrons. The minimum Gasteiger partial charge on any atom is -0.491 e. The molecule has 4 nitrogen and oxygen atoms in total. The molecule has 6 heteroatoms. The molecule has 0 bridgehead atoms. The van der Waals surface area contributed by atoms with Crippen molar-refractivity contribution in [1.82, 2.24) is 0 Å². The predicted molar refractivity (Wildman–Crippen MR) is 108 cm³/mol. The molecule has 2 N–H and O–H groups in total. The smallest absolute Gasteiger partial charge is 0.243 e. The van der Waals surface area contributed by atoms with Crippen LogP contribution in [-0.2, 0) is 4.79 Å². The summed E-state index contributed by atoms with van der Waals surface area (Å²) in [6, 6.07) is 7.61. The lowest BCUT2D eigenvalue weighted by Crippen LogP contribution is -2.23. The Morgan fingerprint density at radius 2 is 1.80 bits per heavy atom. The maximum Gasteiger partial charge on any atom is 0.243 e. The number of ether oxygens (including phenoxy) is 1. The van der Waals surface area contributed by atoms with Crippen molar-refractivity contribution < 1.29 is 9.53 Å². The summed E-state index contributed by atoms with van der Waals surface area (Å²) in [5.41, 5.74) is 4.80. The van der Waals surface area contributed by atoms with Crippen LogP contribution < -0.4 is 15.4 Å². The lowest BCUT2D eigenvalue weighted by Gasteiger charge is -2.16. The van der Waals surface area contributed by atoms with E-state index in [2.05, 4.69) is 38.7 Å². The fourth-order valence-electron chi connectivity index (χ4n) is 2.72. The number of aryl methyl sites for hydroxylation is 3. The van der Waals surface area contributed by atoms with Crippen LogP contribution >= 0.6 is 27.5 Å². The molecule has 1 amide bonds. The van der Waals surface area contributed by atoms with E-state index in [0.29, 0.717) is 23.1 Å². The predicted octanol–water partition coefficient (Wildman–Crippen LogP) is 5.48. The molecule has 2 aromatic carbocycles. The summed E-state index contributed by atoms with van der Waals surface area (Å²) in [5.74, 6) is 0.510. The van der Waals surface area contributed by atoms with Gasteiger partial charge in [0.05, 0.1) is 23.3 Å². The number of nitrogens with one attached hydrogen (secondary N) is 2. The van der Waals surface area contributed by atoms with Crippen molar-refractivity contribution in [2.45, 2.75) is 27.7 Å². The molecule has 0 fully saturated rings. The van der Waals surface area contributed by atoms with Crippen LogP contribution in [0.2, 0.25) is 5.02 Å². The van der Waals surface area contributed by atoms with Gasteiger partial charge in [-0.3, -0.25) is 4.79 Å². The zero-order valence-electron chi connectivity index (χ0n) is 14.8. The maximum atomic E-state index is 12.4. The van der Waals surface area contributed by atoms with Crippen LogP contribution in [-0.4, -0.2) is 19.1 Å². The second-order valence-electron chi connectivity index (χ2n) is 5.87. The highest BCUT2D eigenvalue weighted by atomic mass is 79.9. The van der Waals surface area contributed by atoms with Crippen LogP contribution in [0.15, 0.2) is 28.7 Å². The van der Waals surface area contributed by atoms with Gasteiger partial charge in [-0.05, 0) is 66.9 Å². The minimum absolute atomic E-state index is 0.111. The third kappa shape index (κ3) is 5.13. The highest BCUT2D eigenvalue weighted by Crippen LogP contribution is 2.36. The quantitative estimate of drug-likeness (QED) is 0.644. The Morgan fingerprint density at radius 1 is 1.16 bits per heavy atom. The molecule has 0 aliphatic rings. The van der Waals surface area contributed by atoms with Crippen molar-refractivity contribution >= 4 is 44.8 Å². The largest absolute Gasteiger partial charge is 0.491 e. The van der Waals surface area contributed by atoms with E-state index in [-0.39, 0.29) is 12.5 Å².